The lowest BCUT2D eigenvalue weighted by molar-refractivity contribution is -0.113. The SMILES string of the molecule is CC(=O)c1cccc(N2C(=O)/C(=C(\C)c3ccc(N)cc3)SC2=S)c1. The number of allylic oxidation sites excluding steroid dienone is 1. The molecule has 0 aliphatic carbocycles. The van der Waals surface area contributed by atoms with Crippen LogP contribution in [0.15, 0.2) is 53.4 Å². The maximum atomic E-state index is 12.9. The summed E-state index contributed by atoms with van der Waals surface area (Å²) in [5.74, 6) is -0.231. The van der Waals surface area contributed by atoms with Crippen molar-refractivity contribution in [1.29, 1.82) is 0 Å². The van der Waals surface area contributed by atoms with Gasteiger partial charge in [-0.25, -0.2) is 0 Å². The third-order valence-electron chi connectivity index (χ3n) is 3.96. The number of Topliss-reactive ketones (excluding diaryl/α,β-unsaturated/α-hetero) is 1. The lowest BCUT2D eigenvalue weighted by atomic mass is 10.1. The van der Waals surface area contributed by atoms with Gasteiger partial charge in [0.25, 0.3) is 5.91 Å². The van der Waals surface area contributed by atoms with Crippen LogP contribution >= 0.6 is 24.0 Å². The fourth-order valence-corrected chi connectivity index (χ4v) is 3.89. The van der Waals surface area contributed by atoms with E-state index in [0.29, 0.717) is 26.2 Å². The van der Waals surface area contributed by atoms with Gasteiger partial charge in [0.15, 0.2) is 10.1 Å². The molecule has 1 aliphatic heterocycles. The maximum absolute atomic E-state index is 12.9. The third-order valence-corrected chi connectivity index (χ3v) is 5.44. The van der Waals surface area contributed by atoms with E-state index in [1.165, 1.54) is 23.6 Å². The number of thioether (sulfide) groups is 1. The van der Waals surface area contributed by atoms with E-state index >= 15 is 0 Å². The van der Waals surface area contributed by atoms with E-state index in [1.54, 1.807) is 36.4 Å². The molecular formula is C19H16N2O2S2. The van der Waals surface area contributed by atoms with Crippen molar-refractivity contribution in [3.05, 3.63) is 64.6 Å². The number of nitrogens with zero attached hydrogens (tertiary/aromatic N) is 1. The molecule has 1 aliphatic rings. The number of hydrogen-bond acceptors (Lipinski definition) is 5. The normalized spacial score (nSPS) is 16.3. The number of rotatable bonds is 3. The van der Waals surface area contributed by atoms with Crippen LogP contribution in [0.4, 0.5) is 11.4 Å². The quantitative estimate of drug-likeness (QED) is 0.379. The Labute approximate surface area is 155 Å². The summed E-state index contributed by atoms with van der Waals surface area (Å²) in [5.41, 5.74) is 9.32. The summed E-state index contributed by atoms with van der Waals surface area (Å²) in [6.07, 6.45) is 0. The van der Waals surface area contributed by atoms with Gasteiger partial charge in [0.05, 0.1) is 10.6 Å². The standard InChI is InChI=1S/C19H16N2O2S2/c1-11(13-6-8-15(20)9-7-13)17-18(23)21(19(24)25-17)16-5-3-4-14(10-16)12(2)22/h3-10H,20H2,1-2H3/b17-11-. The third kappa shape index (κ3) is 3.36. The van der Waals surface area contributed by atoms with Crippen molar-refractivity contribution in [2.24, 2.45) is 0 Å². The van der Waals surface area contributed by atoms with Gasteiger partial charge >= 0.3 is 0 Å². The van der Waals surface area contributed by atoms with Crippen LogP contribution in [0, 0.1) is 0 Å². The van der Waals surface area contributed by atoms with Crippen molar-refractivity contribution in [1.82, 2.24) is 0 Å². The molecule has 0 radical (unpaired) electrons. The second kappa shape index (κ2) is 6.82. The number of nitrogens with two attached hydrogens (primary N) is 1. The topological polar surface area (TPSA) is 63.4 Å². The van der Waals surface area contributed by atoms with Crippen LogP contribution in [0.25, 0.3) is 5.57 Å². The van der Waals surface area contributed by atoms with Gasteiger partial charge in [0.2, 0.25) is 0 Å². The van der Waals surface area contributed by atoms with Crippen molar-refractivity contribution < 1.29 is 9.59 Å². The molecule has 4 nitrogen and oxygen atoms in total. The molecule has 0 atom stereocenters. The average Bonchev–Trinajstić information content (AvgIpc) is 2.89. The van der Waals surface area contributed by atoms with Crippen molar-refractivity contribution >= 4 is 56.9 Å². The Hall–Kier alpha value is -2.44. The molecule has 6 heteroatoms. The first-order valence-corrected chi connectivity index (χ1v) is 8.85. The molecule has 0 bridgehead atoms. The van der Waals surface area contributed by atoms with E-state index < -0.39 is 0 Å². The predicted octanol–water partition coefficient (Wildman–Crippen LogP) is 4.27. The fourth-order valence-electron chi connectivity index (χ4n) is 2.55. The van der Waals surface area contributed by atoms with Gasteiger partial charge in [0, 0.05) is 11.3 Å². The van der Waals surface area contributed by atoms with Crippen molar-refractivity contribution in [3.63, 3.8) is 0 Å². The maximum Gasteiger partial charge on any atom is 0.271 e. The highest BCUT2D eigenvalue weighted by Gasteiger charge is 2.35. The molecule has 25 heavy (non-hydrogen) atoms. The van der Waals surface area contributed by atoms with Gasteiger partial charge in [-0.3, -0.25) is 14.5 Å². The first-order valence-electron chi connectivity index (χ1n) is 7.62. The van der Waals surface area contributed by atoms with Crippen LogP contribution in [0.5, 0.6) is 0 Å². The molecule has 0 unspecified atom stereocenters. The molecule has 0 aromatic heterocycles. The summed E-state index contributed by atoms with van der Waals surface area (Å²) in [7, 11) is 0. The zero-order valence-electron chi connectivity index (χ0n) is 13.8. The van der Waals surface area contributed by atoms with E-state index in [4.69, 9.17) is 18.0 Å². The highest BCUT2D eigenvalue weighted by molar-refractivity contribution is 8.27. The van der Waals surface area contributed by atoms with E-state index in [-0.39, 0.29) is 11.7 Å². The molecule has 2 aromatic carbocycles. The smallest absolute Gasteiger partial charge is 0.271 e. The van der Waals surface area contributed by atoms with Gasteiger partial charge in [-0.15, -0.1) is 0 Å². The Morgan fingerprint density at radius 3 is 2.40 bits per heavy atom. The number of amides is 1. The van der Waals surface area contributed by atoms with E-state index in [1.807, 2.05) is 19.1 Å². The van der Waals surface area contributed by atoms with Crippen molar-refractivity contribution in [2.75, 3.05) is 10.6 Å². The molecule has 3 rings (SSSR count). The summed E-state index contributed by atoms with van der Waals surface area (Å²) in [5, 5.41) is 0. The number of hydrogen-bond donors (Lipinski definition) is 1. The predicted molar refractivity (Wildman–Crippen MR) is 108 cm³/mol. The summed E-state index contributed by atoms with van der Waals surface area (Å²) in [6, 6.07) is 14.3. The Kier molecular flexibility index (Phi) is 4.74. The Bertz CT molecular complexity index is 917. The lowest BCUT2D eigenvalue weighted by Gasteiger charge is -2.15. The Morgan fingerprint density at radius 2 is 1.76 bits per heavy atom. The van der Waals surface area contributed by atoms with Crippen LogP contribution in [0.2, 0.25) is 0 Å². The van der Waals surface area contributed by atoms with E-state index in [2.05, 4.69) is 0 Å². The second-order valence-corrected chi connectivity index (χ2v) is 7.34. The number of carbonyl (C=O) groups is 2. The van der Waals surface area contributed by atoms with Crippen LogP contribution in [-0.2, 0) is 4.79 Å². The molecule has 1 fully saturated rings. The van der Waals surface area contributed by atoms with Gasteiger partial charge in [-0.1, -0.05) is 48.2 Å². The van der Waals surface area contributed by atoms with Crippen molar-refractivity contribution in [2.45, 2.75) is 13.8 Å². The highest BCUT2D eigenvalue weighted by atomic mass is 32.2. The summed E-state index contributed by atoms with van der Waals surface area (Å²) < 4.78 is 0.454. The Balaban J connectivity index is 2.00. The molecule has 2 aromatic rings. The summed E-state index contributed by atoms with van der Waals surface area (Å²) in [6.45, 7) is 3.39. The van der Waals surface area contributed by atoms with Crippen LogP contribution in [-0.4, -0.2) is 16.0 Å². The number of anilines is 2. The van der Waals surface area contributed by atoms with Crippen LogP contribution < -0.4 is 10.6 Å². The molecule has 1 amide bonds. The number of nitrogen functional groups attached to an aromatic ring is 1. The zero-order valence-corrected chi connectivity index (χ0v) is 15.4. The van der Waals surface area contributed by atoms with Gasteiger partial charge in [0.1, 0.15) is 0 Å². The summed E-state index contributed by atoms with van der Waals surface area (Å²) >= 11 is 6.67. The van der Waals surface area contributed by atoms with Gasteiger partial charge < -0.3 is 5.73 Å². The molecule has 1 saturated heterocycles. The molecule has 1 heterocycles. The minimum atomic E-state index is -0.176. The zero-order chi connectivity index (χ0) is 18.1. The minimum Gasteiger partial charge on any atom is -0.399 e. The molecule has 126 valence electrons. The van der Waals surface area contributed by atoms with E-state index in [0.717, 1.165) is 11.1 Å². The molecule has 2 N–H and O–H groups in total. The van der Waals surface area contributed by atoms with E-state index in [9.17, 15) is 9.59 Å². The number of benzene rings is 2. The highest BCUT2D eigenvalue weighted by Crippen LogP contribution is 2.39. The summed E-state index contributed by atoms with van der Waals surface area (Å²) in [4.78, 5) is 26.6. The fraction of sp³-hybridized carbons (Fsp3) is 0.105. The van der Waals surface area contributed by atoms with Gasteiger partial charge in [-0.05, 0) is 49.2 Å². The number of carbonyl (C=O) groups excluding carboxylic acids is 2. The average molecular weight is 368 g/mol. The monoisotopic (exact) mass is 368 g/mol. The molecule has 0 spiro atoms. The Morgan fingerprint density at radius 1 is 1.08 bits per heavy atom. The van der Waals surface area contributed by atoms with Crippen LogP contribution in [0.3, 0.4) is 0 Å². The lowest BCUT2D eigenvalue weighted by Crippen LogP contribution is -2.27. The second-order valence-electron chi connectivity index (χ2n) is 5.69. The minimum absolute atomic E-state index is 0.0547. The first kappa shape index (κ1) is 17.4. The van der Waals surface area contributed by atoms with Crippen LogP contribution in [0.1, 0.15) is 29.8 Å². The molecular weight excluding hydrogens is 352 g/mol. The van der Waals surface area contributed by atoms with Gasteiger partial charge in [-0.2, -0.15) is 0 Å². The first-order chi connectivity index (χ1) is 11.9. The number of thiocarbonyl (C=S) groups is 1. The number of ketones is 1. The largest absolute Gasteiger partial charge is 0.399 e. The van der Waals surface area contributed by atoms with Crippen molar-refractivity contribution in [3.8, 4) is 0 Å². The molecule has 0 saturated carbocycles.